The molecule has 1 aliphatic rings. The Morgan fingerprint density at radius 2 is 2.27 bits per heavy atom. The number of halogens is 2. The summed E-state index contributed by atoms with van der Waals surface area (Å²) in [6, 6.07) is 3.64. The van der Waals surface area contributed by atoms with E-state index in [0.29, 0.717) is 10.8 Å². The van der Waals surface area contributed by atoms with E-state index in [4.69, 9.17) is 16.3 Å². The molecule has 1 aromatic rings. The topological polar surface area (TPSA) is 29.5 Å². The predicted molar refractivity (Wildman–Crippen MR) is 63.4 cm³/mol. The van der Waals surface area contributed by atoms with Crippen LogP contribution in [-0.2, 0) is 0 Å². The first-order valence-electron chi connectivity index (χ1n) is 4.97. The number of rotatable bonds is 2. The summed E-state index contributed by atoms with van der Waals surface area (Å²) in [5.41, 5.74) is 0.785. The Bertz CT molecular complexity index is 381. The minimum absolute atomic E-state index is 0.156. The summed E-state index contributed by atoms with van der Waals surface area (Å²) >= 11 is 9.39. The van der Waals surface area contributed by atoms with E-state index in [-0.39, 0.29) is 6.10 Å². The smallest absolute Gasteiger partial charge is 0.144 e. The molecular formula is C11H12BrClO2. The monoisotopic (exact) mass is 290 g/mol. The summed E-state index contributed by atoms with van der Waals surface area (Å²) in [4.78, 5) is 0. The number of fused-ring (bicyclic) bond motifs is 1. The summed E-state index contributed by atoms with van der Waals surface area (Å²) < 4.78 is 6.51. The van der Waals surface area contributed by atoms with Crippen molar-refractivity contribution in [3.05, 3.63) is 27.2 Å². The Morgan fingerprint density at radius 3 is 2.93 bits per heavy atom. The van der Waals surface area contributed by atoms with Crippen LogP contribution in [0.4, 0.5) is 0 Å². The van der Waals surface area contributed by atoms with Crippen molar-refractivity contribution in [1.82, 2.24) is 0 Å². The standard InChI is InChI=1S/C11H12BrClO2/c1-2-3-9-10(14)7-4-6(12)5-8(13)11(7)15-9/h4-5,9-10,14H,2-3H2,1H3. The zero-order valence-electron chi connectivity index (χ0n) is 8.34. The molecule has 0 aromatic heterocycles. The Hall–Kier alpha value is -0.250. The minimum Gasteiger partial charge on any atom is -0.485 e. The van der Waals surface area contributed by atoms with Crippen molar-refractivity contribution in [1.29, 1.82) is 0 Å². The Balaban J connectivity index is 2.36. The van der Waals surface area contributed by atoms with Gasteiger partial charge in [-0.1, -0.05) is 40.9 Å². The number of aliphatic hydroxyl groups excluding tert-OH is 1. The highest BCUT2D eigenvalue weighted by atomic mass is 79.9. The number of hydrogen-bond acceptors (Lipinski definition) is 2. The summed E-state index contributed by atoms with van der Waals surface area (Å²) in [5, 5.41) is 10.6. The Kier molecular flexibility index (Phi) is 3.24. The van der Waals surface area contributed by atoms with Gasteiger partial charge in [0.25, 0.3) is 0 Å². The molecule has 15 heavy (non-hydrogen) atoms. The highest BCUT2D eigenvalue weighted by Crippen LogP contribution is 2.44. The molecular weight excluding hydrogens is 279 g/mol. The number of hydrogen-bond donors (Lipinski definition) is 1. The van der Waals surface area contributed by atoms with Gasteiger partial charge in [0.2, 0.25) is 0 Å². The van der Waals surface area contributed by atoms with Gasteiger partial charge in [0, 0.05) is 10.0 Å². The van der Waals surface area contributed by atoms with E-state index in [9.17, 15) is 5.11 Å². The van der Waals surface area contributed by atoms with Gasteiger partial charge in [0.05, 0.1) is 5.02 Å². The molecule has 2 nitrogen and oxygen atoms in total. The molecule has 0 bridgehead atoms. The zero-order valence-corrected chi connectivity index (χ0v) is 10.7. The van der Waals surface area contributed by atoms with E-state index < -0.39 is 6.10 Å². The first-order valence-corrected chi connectivity index (χ1v) is 6.14. The van der Waals surface area contributed by atoms with Gasteiger partial charge < -0.3 is 9.84 Å². The molecule has 1 aliphatic heterocycles. The number of ether oxygens (including phenoxy) is 1. The number of benzene rings is 1. The lowest BCUT2D eigenvalue weighted by molar-refractivity contribution is 0.0617. The zero-order chi connectivity index (χ0) is 11.0. The third-order valence-corrected chi connectivity index (χ3v) is 3.29. The highest BCUT2D eigenvalue weighted by Gasteiger charge is 2.33. The van der Waals surface area contributed by atoms with Crippen LogP contribution in [0.1, 0.15) is 31.4 Å². The second-order valence-corrected chi connectivity index (χ2v) is 5.02. The fourth-order valence-electron chi connectivity index (χ4n) is 1.84. The van der Waals surface area contributed by atoms with E-state index in [1.807, 2.05) is 6.07 Å². The quantitative estimate of drug-likeness (QED) is 0.900. The number of aliphatic hydroxyl groups is 1. The molecule has 1 aromatic carbocycles. The first kappa shape index (κ1) is 11.2. The third kappa shape index (κ3) is 2.01. The lowest BCUT2D eigenvalue weighted by Crippen LogP contribution is -2.17. The van der Waals surface area contributed by atoms with Crippen molar-refractivity contribution < 1.29 is 9.84 Å². The molecule has 4 heteroatoms. The molecule has 0 spiro atoms. The second kappa shape index (κ2) is 4.32. The van der Waals surface area contributed by atoms with E-state index in [1.165, 1.54) is 0 Å². The van der Waals surface area contributed by atoms with Gasteiger partial charge in [0.15, 0.2) is 0 Å². The van der Waals surface area contributed by atoms with Crippen LogP contribution < -0.4 is 4.74 Å². The SMILES string of the molecule is CCCC1Oc2c(Cl)cc(Br)cc2C1O. The van der Waals surface area contributed by atoms with Crippen molar-refractivity contribution in [2.24, 2.45) is 0 Å². The summed E-state index contributed by atoms with van der Waals surface area (Å²) in [7, 11) is 0. The van der Waals surface area contributed by atoms with Crippen LogP contribution in [0, 0.1) is 0 Å². The molecule has 0 amide bonds. The van der Waals surface area contributed by atoms with E-state index in [2.05, 4.69) is 22.9 Å². The lowest BCUT2D eigenvalue weighted by atomic mass is 10.0. The van der Waals surface area contributed by atoms with Crippen molar-refractivity contribution in [3.8, 4) is 5.75 Å². The molecule has 0 fully saturated rings. The van der Waals surface area contributed by atoms with Crippen LogP contribution in [0.15, 0.2) is 16.6 Å². The average Bonchev–Trinajstić information content (AvgIpc) is 2.47. The largest absolute Gasteiger partial charge is 0.485 e. The van der Waals surface area contributed by atoms with Gasteiger partial charge in [-0.2, -0.15) is 0 Å². The molecule has 2 rings (SSSR count). The molecule has 82 valence electrons. The molecule has 0 saturated carbocycles. The van der Waals surface area contributed by atoms with Crippen molar-refractivity contribution in [3.63, 3.8) is 0 Å². The molecule has 1 N–H and O–H groups in total. The van der Waals surface area contributed by atoms with E-state index in [1.54, 1.807) is 6.07 Å². The lowest BCUT2D eigenvalue weighted by Gasteiger charge is -2.12. The molecule has 0 radical (unpaired) electrons. The second-order valence-electron chi connectivity index (χ2n) is 3.70. The van der Waals surface area contributed by atoms with Gasteiger partial charge in [-0.15, -0.1) is 0 Å². The fraction of sp³-hybridized carbons (Fsp3) is 0.455. The van der Waals surface area contributed by atoms with Crippen LogP contribution in [0.5, 0.6) is 5.75 Å². The highest BCUT2D eigenvalue weighted by molar-refractivity contribution is 9.10. The minimum atomic E-state index is -0.560. The van der Waals surface area contributed by atoms with Crippen LogP contribution in [0.3, 0.4) is 0 Å². The van der Waals surface area contributed by atoms with Crippen LogP contribution in [-0.4, -0.2) is 11.2 Å². The van der Waals surface area contributed by atoms with Crippen molar-refractivity contribution >= 4 is 27.5 Å². The van der Waals surface area contributed by atoms with Crippen LogP contribution in [0.25, 0.3) is 0 Å². The Labute approximate surface area is 102 Å². The van der Waals surface area contributed by atoms with Crippen molar-refractivity contribution in [2.75, 3.05) is 0 Å². The summed E-state index contributed by atoms with van der Waals surface area (Å²) in [6.07, 6.45) is 1.10. The van der Waals surface area contributed by atoms with Crippen LogP contribution >= 0.6 is 27.5 Å². The Morgan fingerprint density at radius 1 is 1.53 bits per heavy atom. The molecule has 2 unspecified atom stereocenters. The average molecular weight is 292 g/mol. The molecule has 0 aliphatic carbocycles. The summed E-state index contributed by atoms with van der Waals surface area (Å²) in [6.45, 7) is 2.07. The van der Waals surface area contributed by atoms with Gasteiger partial charge >= 0.3 is 0 Å². The normalized spacial score (nSPS) is 23.7. The molecule has 0 saturated heterocycles. The molecule has 2 atom stereocenters. The van der Waals surface area contributed by atoms with E-state index in [0.717, 1.165) is 22.9 Å². The fourth-order valence-corrected chi connectivity index (χ4v) is 2.72. The third-order valence-electron chi connectivity index (χ3n) is 2.55. The maximum Gasteiger partial charge on any atom is 0.144 e. The van der Waals surface area contributed by atoms with Gasteiger partial charge in [-0.3, -0.25) is 0 Å². The summed E-state index contributed by atoms with van der Waals surface area (Å²) in [5.74, 6) is 0.630. The van der Waals surface area contributed by atoms with Gasteiger partial charge in [0.1, 0.15) is 18.0 Å². The van der Waals surface area contributed by atoms with E-state index >= 15 is 0 Å². The van der Waals surface area contributed by atoms with Gasteiger partial charge in [-0.25, -0.2) is 0 Å². The molecule has 1 heterocycles. The van der Waals surface area contributed by atoms with Crippen LogP contribution in [0.2, 0.25) is 5.02 Å². The first-order chi connectivity index (χ1) is 7.13. The maximum atomic E-state index is 10.0. The van der Waals surface area contributed by atoms with Crippen molar-refractivity contribution in [2.45, 2.75) is 32.0 Å². The van der Waals surface area contributed by atoms with Gasteiger partial charge in [-0.05, 0) is 18.6 Å². The maximum absolute atomic E-state index is 10.0. The predicted octanol–water partition coefficient (Wildman–Crippen LogP) is 3.70.